The van der Waals surface area contributed by atoms with E-state index in [1.54, 1.807) is 7.11 Å². The summed E-state index contributed by atoms with van der Waals surface area (Å²) in [4.78, 5) is 4.88. The normalized spacial score (nSPS) is 10.3. The molecule has 0 saturated heterocycles. The molecule has 0 fully saturated rings. The molecule has 0 unspecified atom stereocenters. The summed E-state index contributed by atoms with van der Waals surface area (Å²) >= 11 is 0. The minimum Gasteiger partial charge on any atom is -0.302 e. The molecule has 0 atom stereocenters. The van der Waals surface area contributed by atoms with Crippen molar-refractivity contribution < 1.29 is 4.84 Å². The second-order valence-corrected chi connectivity index (χ2v) is 1.30. The summed E-state index contributed by atoms with van der Waals surface area (Å²) in [7, 11) is 1.69. The number of hydrogen-bond donors (Lipinski definition) is 0. The Morgan fingerprint density at radius 3 is 1.71 bits per heavy atom. The zero-order valence-corrected chi connectivity index (χ0v) is 5.27. The molecule has 0 bridgehead atoms. The Morgan fingerprint density at radius 1 is 1.29 bits per heavy atom. The lowest BCUT2D eigenvalue weighted by atomic mass is 10.6. The third-order valence-electron chi connectivity index (χ3n) is 0.964. The van der Waals surface area contributed by atoms with Gasteiger partial charge in [-0.05, 0) is 0 Å². The average molecular weight is 103 g/mol. The fraction of sp³-hybridized carbons (Fsp3) is 1.00. The average Bonchev–Trinajstić information content (AvgIpc) is 1.72. The number of hydrogen-bond acceptors (Lipinski definition) is 2. The highest BCUT2D eigenvalue weighted by Gasteiger charge is 1.89. The van der Waals surface area contributed by atoms with Crippen LogP contribution in [0.2, 0.25) is 0 Å². The maximum Gasteiger partial charge on any atom is 0.0575 e. The van der Waals surface area contributed by atoms with Crippen molar-refractivity contribution in [3.63, 3.8) is 0 Å². The molecule has 0 heterocycles. The molecule has 0 saturated carbocycles. The molecular weight excluding hydrogens is 90.1 g/mol. The van der Waals surface area contributed by atoms with E-state index in [1.165, 1.54) is 0 Å². The van der Waals surface area contributed by atoms with E-state index in [2.05, 4.69) is 13.8 Å². The van der Waals surface area contributed by atoms with Crippen LogP contribution in [0.1, 0.15) is 13.8 Å². The molecule has 2 heteroatoms. The van der Waals surface area contributed by atoms with E-state index in [0.717, 1.165) is 13.1 Å². The van der Waals surface area contributed by atoms with Gasteiger partial charge in [0.15, 0.2) is 0 Å². The molecule has 0 N–H and O–H groups in total. The van der Waals surface area contributed by atoms with E-state index in [0.29, 0.717) is 0 Å². The Morgan fingerprint density at radius 2 is 1.71 bits per heavy atom. The smallest absolute Gasteiger partial charge is 0.0575 e. The van der Waals surface area contributed by atoms with Crippen molar-refractivity contribution in [2.75, 3.05) is 20.2 Å². The van der Waals surface area contributed by atoms with Crippen LogP contribution in [0.5, 0.6) is 0 Å². The molecule has 0 aromatic carbocycles. The summed E-state index contributed by atoms with van der Waals surface area (Å²) in [6.07, 6.45) is 0. The van der Waals surface area contributed by atoms with Crippen LogP contribution in [-0.2, 0) is 4.84 Å². The molecule has 0 amide bonds. The van der Waals surface area contributed by atoms with Crippen molar-refractivity contribution in [3.05, 3.63) is 0 Å². The van der Waals surface area contributed by atoms with Crippen LogP contribution in [0.25, 0.3) is 0 Å². The first kappa shape index (κ1) is 6.92. The maximum atomic E-state index is 4.88. The molecule has 7 heavy (non-hydrogen) atoms. The summed E-state index contributed by atoms with van der Waals surface area (Å²) in [6, 6.07) is 0. The summed E-state index contributed by atoms with van der Waals surface area (Å²) in [6.45, 7) is 6.06. The zero-order chi connectivity index (χ0) is 5.70. The Kier molecular flexibility index (Phi) is 4.04. The van der Waals surface area contributed by atoms with E-state index in [-0.39, 0.29) is 0 Å². The van der Waals surface area contributed by atoms with Gasteiger partial charge < -0.3 is 4.84 Å². The van der Waals surface area contributed by atoms with Crippen LogP contribution in [0, 0.1) is 0 Å². The molecule has 0 aliphatic rings. The van der Waals surface area contributed by atoms with Gasteiger partial charge in [0.2, 0.25) is 0 Å². The lowest BCUT2D eigenvalue weighted by Gasteiger charge is -2.12. The standard InChI is InChI=1S/C5H13NO/c1-4-6(5-2)7-3/h4-5H2,1-3H3. The first-order valence-electron chi connectivity index (χ1n) is 2.64. The van der Waals surface area contributed by atoms with E-state index in [1.807, 2.05) is 5.06 Å². The van der Waals surface area contributed by atoms with Gasteiger partial charge in [-0.25, -0.2) is 0 Å². The molecular formula is C5H13NO. The predicted molar refractivity (Wildman–Crippen MR) is 29.9 cm³/mol. The van der Waals surface area contributed by atoms with Gasteiger partial charge in [0.1, 0.15) is 0 Å². The summed E-state index contributed by atoms with van der Waals surface area (Å²) in [5, 5.41) is 1.88. The second kappa shape index (κ2) is 4.09. The highest BCUT2D eigenvalue weighted by atomic mass is 16.7. The van der Waals surface area contributed by atoms with Gasteiger partial charge >= 0.3 is 0 Å². The third kappa shape index (κ3) is 2.60. The van der Waals surface area contributed by atoms with Crippen LogP contribution in [0.15, 0.2) is 0 Å². The van der Waals surface area contributed by atoms with Crippen molar-refractivity contribution in [2.45, 2.75) is 13.8 Å². The molecule has 0 aromatic heterocycles. The van der Waals surface area contributed by atoms with Crippen molar-refractivity contribution in [2.24, 2.45) is 0 Å². The van der Waals surface area contributed by atoms with Crippen molar-refractivity contribution in [1.82, 2.24) is 5.06 Å². The quantitative estimate of drug-likeness (QED) is 0.492. The summed E-state index contributed by atoms with van der Waals surface area (Å²) in [5.41, 5.74) is 0. The second-order valence-electron chi connectivity index (χ2n) is 1.30. The van der Waals surface area contributed by atoms with Gasteiger partial charge in [-0.15, -0.1) is 0 Å². The first-order valence-corrected chi connectivity index (χ1v) is 2.64. The largest absolute Gasteiger partial charge is 0.302 e. The van der Waals surface area contributed by atoms with Crippen LogP contribution in [-0.4, -0.2) is 25.3 Å². The zero-order valence-electron chi connectivity index (χ0n) is 5.27. The lowest BCUT2D eigenvalue weighted by Crippen LogP contribution is -2.20. The van der Waals surface area contributed by atoms with Gasteiger partial charge in [-0.3, -0.25) is 0 Å². The van der Waals surface area contributed by atoms with Gasteiger partial charge in [0.05, 0.1) is 7.11 Å². The number of hydroxylamine groups is 2. The Labute approximate surface area is 45.0 Å². The fourth-order valence-corrected chi connectivity index (χ4v) is 0.482. The topological polar surface area (TPSA) is 12.5 Å². The van der Waals surface area contributed by atoms with Gasteiger partial charge in [0.25, 0.3) is 0 Å². The number of nitrogens with zero attached hydrogens (tertiary/aromatic N) is 1. The molecule has 0 spiro atoms. The van der Waals surface area contributed by atoms with Crippen LogP contribution >= 0.6 is 0 Å². The Bertz CT molecular complexity index is 29.6. The lowest BCUT2D eigenvalue weighted by molar-refractivity contribution is -0.123. The fourth-order valence-electron chi connectivity index (χ4n) is 0.482. The molecule has 0 radical (unpaired) electrons. The molecule has 0 aliphatic carbocycles. The van der Waals surface area contributed by atoms with E-state index < -0.39 is 0 Å². The molecule has 0 aromatic rings. The van der Waals surface area contributed by atoms with Crippen molar-refractivity contribution >= 4 is 0 Å². The molecule has 44 valence electrons. The van der Waals surface area contributed by atoms with Gasteiger partial charge in [-0.1, -0.05) is 13.8 Å². The van der Waals surface area contributed by atoms with Crippen LogP contribution in [0.4, 0.5) is 0 Å². The molecule has 2 nitrogen and oxygen atoms in total. The minimum absolute atomic E-state index is 0.965. The summed E-state index contributed by atoms with van der Waals surface area (Å²) in [5.74, 6) is 0. The first-order chi connectivity index (χ1) is 3.35. The van der Waals surface area contributed by atoms with Crippen LogP contribution < -0.4 is 0 Å². The highest BCUT2D eigenvalue weighted by molar-refractivity contribution is 4.29. The van der Waals surface area contributed by atoms with E-state index >= 15 is 0 Å². The minimum atomic E-state index is 0.965. The molecule has 0 aliphatic heterocycles. The van der Waals surface area contributed by atoms with E-state index in [9.17, 15) is 0 Å². The predicted octanol–water partition coefficient (Wildman–Crippen LogP) is 0.890. The van der Waals surface area contributed by atoms with Gasteiger partial charge in [-0.2, -0.15) is 5.06 Å². The highest BCUT2D eigenvalue weighted by Crippen LogP contribution is 1.82. The van der Waals surface area contributed by atoms with Crippen molar-refractivity contribution in [1.29, 1.82) is 0 Å². The Hall–Kier alpha value is -0.0800. The van der Waals surface area contributed by atoms with Crippen molar-refractivity contribution in [3.8, 4) is 0 Å². The SMILES string of the molecule is CCN(CC)OC. The number of rotatable bonds is 3. The van der Waals surface area contributed by atoms with E-state index in [4.69, 9.17) is 4.84 Å². The Balaban J connectivity index is 2.99. The summed E-state index contributed by atoms with van der Waals surface area (Å²) < 4.78 is 0. The van der Waals surface area contributed by atoms with Gasteiger partial charge in [0, 0.05) is 13.1 Å². The monoisotopic (exact) mass is 103 g/mol. The molecule has 0 rings (SSSR count). The maximum absolute atomic E-state index is 4.88. The third-order valence-corrected chi connectivity index (χ3v) is 0.964. The van der Waals surface area contributed by atoms with Crippen LogP contribution in [0.3, 0.4) is 0 Å².